The van der Waals surface area contributed by atoms with Gasteiger partial charge in [-0.3, -0.25) is 19.1 Å². The first-order valence-electron chi connectivity index (χ1n) is 10.8. The van der Waals surface area contributed by atoms with Gasteiger partial charge in [-0.05, 0) is 43.2 Å². The Morgan fingerprint density at radius 1 is 1.12 bits per heavy atom. The predicted octanol–water partition coefficient (Wildman–Crippen LogP) is 1.09. The van der Waals surface area contributed by atoms with Crippen LogP contribution in [0, 0.1) is 6.92 Å². The van der Waals surface area contributed by atoms with E-state index in [1.54, 1.807) is 26.2 Å². The van der Waals surface area contributed by atoms with E-state index in [0.29, 0.717) is 23.1 Å². The van der Waals surface area contributed by atoms with Crippen LogP contribution >= 0.6 is 0 Å². The lowest BCUT2D eigenvalue weighted by atomic mass is 10.0. The molecule has 1 amide bonds. The molecule has 2 N–H and O–H groups in total. The molecule has 2 aromatic heterocycles. The highest BCUT2D eigenvalue weighted by molar-refractivity contribution is 5.92. The van der Waals surface area contributed by atoms with Gasteiger partial charge in [0.1, 0.15) is 5.69 Å². The van der Waals surface area contributed by atoms with Crippen LogP contribution in [0.2, 0.25) is 0 Å². The average Bonchev–Trinajstić information content (AvgIpc) is 2.81. The number of aromatic nitrogens is 3. The molecule has 1 saturated heterocycles. The average molecular weight is 437 g/mol. The van der Waals surface area contributed by atoms with Crippen molar-refractivity contribution in [1.82, 2.24) is 24.8 Å². The fourth-order valence-electron chi connectivity index (χ4n) is 4.21. The second-order valence-electron chi connectivity index (χ2n) is 8.00. The lowest BCUT2D eigenvalue weighted by molar-refractivity contribution is 0.0958. The van der Waals surface area contributed by atoms with E-state index in [9.17, 15) is 14.4 Å². The Bertz CT molecular complexity index is 1250. The number of fused-ring (bicyclic) bond motifs is 1. The number of pyridine rings is 1. The highest BCUT2D eigenvalue weighted by Crippen LogP contribution is 2.21. The SMILES string of the molecule is CCn1c(=O)[nH]c2c(C)c(CN3CCN(c4ccc(C(=O)NC)nc4)CC3)ccc2c1=O. The molecule has 1 aliphatic heterocycles. The van der Waals surface area contributed by atoms with E-state index in [-0.39, 0.29) is 17.2 Å². The number of rotatable bonds is 5. The van der Waals surface area contributed by atoms with Crippen molar-refractivity contribution in [1.29, 1.82) is 0 Å². The van der Waals surface area contributed by atoms with E-state index in [4.69, 9.17) is 0 Å². The first-order chi connectivity index (χ1) is 15.4. The smallest absolute Gasteiger partial charge is 0.328 e. The number of aryl methyl sites for hydroxylation is 1. The van der Waals surface area contributed by atoms with Gasteiger partial charge in [0, 0.05) is 46.3 Å². The summed E-state index contributed by atoms with van der Waals surface area (Å²) in [6.07, 6.45) is 1.74. The van der Waals surface area contributed by atoms with Crippen LogP contribution < -0.4 is 21.5 Å². The van der Waals surface area contributed by atoms with Crippen LogP contribution in [0.25, 0.3) is 10.9 Å². The molecule has 32 heavy (non-hydrogen) atoms. The summed E-state index contributed by atoms with van der Waals surface area (Å²) in [5.74, 6) is -0.193. The number of amides is 1. The zero-order chi connectivity index (χ0) is 22.8. The van der Waals surface area contributed by atoms with Crippen LogP contribution in [-0.2, 0) is 13.1 Å². The molecule has 0 radical (unpaired) electrons. The van der Waals surface area contributed by atoms with E-state index in [2.05, 4.69) is 25.1 Å². The standard InChI is InChI=1S/C23H28N6O3/c1-4-29-22(31)18-7-5-16(15(2)20(18)26-23(29)32)14-27-9-11-28(12-10-27)17-6-8-19(25-13-17)21(30)24-3/h5-8,13H,4,9-12,14H2,1-3H3,(H,24,30)(H,26,32). The number of piperazine rings is 1. The number of hydrogen-bond acceptors (Lipinski definition) is 6. The lowest BCUT2D eigenvalue weighted by Gasteiger charge is -2.36. The van der Waals surface area contributed by atoms with Crippen molar-refractivity contribution in [2.45, 2.75) is 26.9 Å². The maximum atomic E-state index is 12.6. The fraction of sp³-hybridized carbons (Fsp3) is 0.391. The molecule has 0 bridgehead atoms. The van der Waals surface area contributed by atoms with Crippen molar-refractivity contribution < 1.29 is 4.79 Å². The third kappa shape index (κ3) is 4.03. The molecular formula is C23H28N6O3. The van der Waals surface area contributed by atoms with Crippen LogP contribution in [0.4, 0.5) is 5.69 Å². The predicted molar refractivity (Wildman–Crippen MR) is 124 cm³/mol. The third-order valence-corrected chi connectivity index (χ3v) is 6.19. The molecule has 1 fully saturated rings. The quantitative estimate of drug-likeness (QED) is 0.621. The zero-order valence-corrected chi connectivity index (χ0v) is 18.6. The number of hydrogen-bond donors (Lipinski definition) is 2. The molecule has 0 atom stereocenters. The third-order valence-electron chi connectivity index (χ3n) is 6.19. The van der Waals surface area contributed by atoms with Crippen LogP contribution in [0.3, 0.4) is 0 Å². The number of benzene rings is 1. The van der Waals surface area contributed by atoms with Crippen molar-refractivity contribution in [3.63, 3.8) is 0 Å². The van der Waals surface area contributed by atoms with Crippen LogP contribution in [0.1, 0.15) is 28.5 Å². The molecule has 0 unspecified atom stereocenters. The Kier molecular flexibility index (Phi) is 6.09. The molecule has 0 saturated carbocycles. The molecule has 4 rings (SSSR count). The maximum Gasteiger partial charge on any atom is 0.328 e. The molecule has 168 valence electrons. The summed E-state index contributed by atoms with van der Waals surface area (Å²) in [7, 11) is 1.59. The molecular weight excluding hydrogens is 408 g/mol. The van der Waals surface area contributed by atoms with Gasteiger partial charge >= 0.3 is 5.69 Å². The first-order valence-corrected chi connectivity index (χ1v) is 10.8. The van der Waals surface area contributed by atoms with E-state index in [0.717, 1.165) is 49.5 Å². The molecule has 3 aromatic rings. The van der Waals surface area contributed by atoms with Crippen LogP contribution in [0.5, 0.6) is 0 Å². The number of anilines is 1. The van der Waals surface area contributed by atoms with Crippen molar-refractivity contribution in [2.75, 3.05) is 38.1 Å². The van der Waals surface area contributed by atoms with Gasteiger partial charge in [0.05, 0.1) is 22.8 Å². The second-order valence-corrected chi connectivity index (χ2v) is 8.00. The minimum Gasteiger partial charge on any atom is -0.368 e. The van der Waals surface area contributed by atoms with E-state index >= 15 is 0 Å². The Morgan fingerprint density at radius 2 is 1.88 bits per heavy atom. The van der Waals surface area contributed by atoms with Gasteiger partial charge in [0.2, 0.25) is 0 Å². The number of carbonyl (C=O) groups excluding carboxylic acids is 1. The molecule has 0 aliphatic carbocycles. The summed E-state index contributed by atoms with van der Waals surface area (Å²) in [5.41, 5.74) is 3.47. The maximum absolute atomic E-state index is 12.6. The number of nitrogens with one attached hydrogen (secondary N) is 2. The fourth-order valence-corrected chi connectivity index (χ4v) is 4.21. The summed E-state index contributed by atoms with van der Waals surface area (Å²) in [4.78, 5) is 48.3. The summed E-state index contributed by atoms with van der Waals surface area (Å²) in [6, 6.07) is 7.48. The van der Waals surface area contributed by atoms with Crippen molar-refractivity contribution >= 4 is 22.5 Å². The summed E-state index contributed by atoms with van der Waals surface area (Å²) < 4.78 is 1.22. The number of H-pyrrole nitrogens is 1. The van der Waals surface area contributed by atoms with Crippen molar-refractivity contribution in [2.24, 2.45) is 0 Å². The molecule has 9 nitrogen and oxygen atoms in total. The van der Waals surface area contributed by atoms with Gasteiger partial charge in [-0.25, -0.2) is 9.78 Å². The summed E-state index contributed by atoms with van der Waals surface area (Å²) in [6.45, 7) is 8.30. The van der Waals surface area contributed by atoms with Gasteiger partial charge in [0.15, 0.2) is 0 Å². The minimum atomic E-state index is -0.366. The Morgan fingerprint density at radius 3 is 2.50 bits per heavy atom. The van der Waals surface area contributed by atoms with Crippen LogP contribution in [0.15, 0.2) is 40.1 Å². The topological polar surface area (TPSA) is 103 Å². The highest BCUT2D eigenvalue weighted by atomic mass is 16.2. The summed E-state index contributed by atoms with van der Waals surface area (Å²) >= 11 is 0. The second kappa shape index (κ2) is 8.96. The van der Waals surface area contributed by atoms with Gasteiger partial charge < -0.3 is 15.2 Å². The Hall–Kier alpha value is -3.46. The molecule has 3 heterocycles. The summed E-state index contributed by atoms with van der Waals surface area (Å²) in [5, 5.41) is 3.12. The van der Waals surface area contributed by atoms with Gasteiger partial charge in [-0.15, -0.1) is 0 Å². The number of carbonyl (C=O) groups is 1. The number of nitrogens with zero attached hydrogens (tertiary/aromatic N) is 4. The van der Waals surface area contributed by atoms with Gasteiger partial charge in [-0.1, -0.05) is 6.07 Å². The largest absolute Gasteiger partial charge is 0.368 e. The first kappa shape index (κ1) is 21.8. The molecule has 1 aliphatic rings. The minimum absolute atomic E-state index is 0.193. The van der Waals surface area contributed by atoms with Crippen molar-refractivity contribution in [3.8, 4) is 0 Å². The molecule has 9 heteroatoms. The monoisotopic (exact) mass is 436 g/mol. The van der Waals surface area contributed by atoms with Crippen molar-refractivity contribution in [3.05, 3.63) is 68.1 Å². The molecule has 1 aromatic carbocycles. The molecule has 0 spiro atoms. The zero-order valence-electron chi connectivity index (χ0n) is 18.6. The normalized spacial score (nSPS) is 14.7. The van der Waals surface area contributed by atoms with E-state index in [1.165, 1.54) is 4.57 Å². The van der Waals surface area contributed by atoms with Gasteiger partial charge in [0.25, 0.3) is 11.5 Å². The Labute approximate surface area is 185 Å². The Balaban J connectivity index is 1.46. The number of aromatic amines is 1. The van der Waals surface area contributed by atoms with Gasteiger partial charge in [-0.2, -0.15) is 0 Å². The van der Waals surface area contributed by atoms with E-state index < -0.39 is 0 Å². The highest BCUT2D eigenvalue weighted by Gasteiger charge is 2.19. The van der Waals surface area contributed by atoms with Crippen LogP contribution in [-0.4, -0.2) is 58.6 Å². The lowest BCUT2D eigenvalue weighted by Crippen LogP contribution is -2.46. The van der Waals surface area contributed by atoms with E-state index in [1.807, 2.05) is 25.1 Å².